The molecular formula is C14H18Cl2N2O. The number of nitrogens with zero attached hydrogens (tertiary/aromatic N) is 1. The predicted molar refractivity (Wildman–Crippen MR) is 78.7 cm³/mol. The van der Waals surface area contributed by atoms with Crippen molar-refractivity contribution in [1.82, 2.24) is 5.32 Å². The fraction of sp³-hybridized carbons (Fsp3) is 0.500. The smallest absolute Gasteiger partial charge is 0.181 e. The molecule has 0 aliphatic heterocycles. The minimum Gasteiger partial charge on any atom is -0.474 e. The second-order valence-electron chi connectivity index (χ2n) is 4.79. The normalized spacial score (nSPS) is 12.3. The van der Waals surface area contributed by atoms with Gasteiger partial charge >= 0.3 is 0 Å². The molecule has 19 heavy (non-hydrogen) atoms. The number of benzene rings is 1. The lowest BCUT2D eigenvalue weighted by molar-refractivity contribution is 0.273. The molecule has 1 N–H and O–H groups in total. The van der Waals surface area contributed by atoms with Gasteiger partial charge in [-0.2, -0.15) is 5.26 Å². The molecule has 0 amide bonds. The highest BCUT2D eigenvalue weighted by Gasteiger charge is 2.13. The summed E-state index contributed by atoms with van der Waals surface area (Å²) in [4.78, 5) is 0. The molecule has 0 radical (unpaired) electrons. The van der Waals surface area contributed by atoms with E-state index in [-0.39, 0.29) is 0 Å². The van der Waals surface area contributed by atoms with Crippen LogP contribution >= 0.6 is 23.2 Å². The van der Waals surface area contributed by atoms with E-state index in [9.17, 15) is 0 Å². The van der Waals surface area contributed by atoms with Crippen LogP contribution in [0.3, 0.4) is 0 Å². The Balaban J connectivity index is 2.90. The lowest BCUT2D eigenvalue weighted by Crippen LogP contribution is -2.20. The van der Waals surface area contributed by atoms with E-state index in [2.05, 4.69) is 19.2 Å². The molecule has 1 rings (SSSR count). The number of hydrogen-bond donors (Lipinski definition) is 1. The summed E-state index contributed by atoms with van der Waals surface area (Å²) in [6.07, 6.45) is -0.553. The first kappa shape index (κ1) is 16.1. The third-order valence-corrected chi connectivity index (χ3v) is 2.93. The SMILES string of the molecule is CC(C)CNCc1cc(Cl)cc(Cl)c1OC(C)C#N. The summed E-state index contributed by atoms with van der Waals surface area (Å²) in [7, 11) is 0. The fourth-order valence-corrected chi connectivity index (χ4v) is 2.16. The maximum absolute atomic E-state index is 8.82. The standard InChI is InChI=1S/C14H18Cl2N2O/c1-9(2)7-18-8-11-4-12(15)5-13(16)14(11)19-10(3)6-17/h4-5,9-10,18H,7-8H2,1-3H3. The van der Waals surface area contributed by atoms with Crippen LogP contribution in [0.15, 0.2) is 12.1 Å². The molecule has 0 heterocycles. The molecule has 1 unspecified atom stereocenters. The van der Waals surface area contributed by atoms with Gasteiger partial charge in [0.1, 0.15) is 11.8 Å². The van der Waals surface area contributed by atoms with E-state index in [0.717, 1.165) is 12.1 Å². The molecule has 0 aliphatic rings. The summed E-state index contributed by atoms with van der Waals surface area (Å²) < 4.78 is 5.55. The van der Waals surface area contributed by atoms with Crippen molar-refractivity contribution in [3.8, 4) is 11.8 Å². The maximum atomic E-state index is 8.82. The van der Waals surface area contributed by atoms with Crippen molar-refractivity contribution < 1.29 is 4.74 Å². The minimum atomic E-state index is -0.553. The van der Waals surface area contributed by atoms with Crippen LogP contribution < -0.4 is 10.1 Å². The van der Waals surface area contributed by atoms with E-state index in [1.807, 2.05) is 6.07 Å². The van der Waals surface area contributed by atoms with Gasteiger partial charge in [0.25, 0.3) is 0 Å². The van der Waals surface area contributed by atoms with Crippen LogP contribution in [0.2, 0.25) is 10.0 Å². The number of rotatable bonds is 6. The van der Waals surface area contributed by atoms with Crippen LogP contribution in [0.5, 0.6) is 5.75 Å². The van der Waals surface area contributed by atoms with Crippen molar-refractivity contribution in [1.29, 1.82) is 5.26 Å². The van der Waals surface area contributed by atoms with E-state index in [1.54, 1.807) is 19.1 Å². The van der Waals surface area contributed by atoms with Gasteiger partial charge in [0.15, 0.2) is 6.10 Å². The molecule has 5 heteroatoms. The Bertz CT molecular complexity index is 469. The lowest BCUT2D eigenvalue weighted by atomic mass is 10.1. The first-order valence-corrected chi connectivity index (χ1v) is 6.94. The van der Waals surface area contributed by atoms with Gasteiger partial charge in [-0.25, -0.2) is 0 Å². The topological polar surface area (TPSA) is 45.0 Å². The predicted octanol–water partition coefficient (Wildman–Crippen LogP) is 4.03. The Morgan fingerprint density at radius 3 is 2.58 bits per heavy atom. The molecule has 0 aromatic heterocycles. The van der Waals surface area contributed by atoms with Crippen molar-refractivity contribution in [2.24, 2.45) is 5.92 Å². The second-order valence-corrected chi connectivity index (χ2v) is 5.63. The monoisotopic (exact) mass is 300 g/mol. The Kier molecular flexibility index (Phi) is 6.44. The highest BCUT2D eigenvalue weighted by molar-refractivity contribution is 6.35. The molecular weight excluding hydrogens is 283 g/mol. The second kappa shape index (κ2) is 7.59. The molecule has 0 fully saturated rings. The quantitative estimate of drug-likeness (QED) is 0.862. The average Bonchev–Trinajstić information content (AvgIpc) is 2.32. The largest absolute Gasteiger partial charge is 0.474 e. The first-order chi connectivity index (χ1) is 8.93. The molecule has 0 saturated carbocycles. The summed E-state index contributed by atoms with van der Waals surface area (Å²) in [5.41, 5.74) is 0.861. The molecule has 1 aromatic carbocycles. The summed E-state index contributed by atoms with van der Waals surface area (Å²) in [5.74, 6) is 1.08. The van der Waals surface area contributed by atoms with Crippen molar-refractivity contribution >= 4 is 23.2 Å². The molecule has 0 spiro atoms. The molecule has 1 aromatic rings. The van der Waals surface area contributed by atoms with Gasteiger partial charge in [-0.3, -0.25) is 0 Å². The number of nitriles is 1. The van der Waals surface area contributed by atoms with Crippen LogP contribution in [0.25, 0.3) is 0 Å². The summed E-state index contributed by atoms with van der Waals surface area (Å²) in [5, 5.41) is 13.1. The Morgan fingerprint density at radius 1 is 1.32 bits per heavy atom. The minimum absolute atomic E-state index is 0.427. The molecule has 104 valence electrons. The van der Waals surface area contributed by atoms with Crippen LogP contribution in [0.4, 0.5) is 0 Å². The summed E-state index contributed by atoms with van der Waals surface area (Å²) >= 11 is 12.1. The molecule has 0 aliphatic carbocycles. The zero-order chi connectivity index (χ0) is 14.4. The van der Waals surface area contributed by atoms with E-state index >= 15 is 0 Å². The Hall–Kier alpha value is -0.950. The van der Waals surface area contributed by atoms with Crippen molar-refractivity contribution in [3.63, 3.8) is 0 Å². The fourth-order valence-electron chi connectivity index (χ4n) is 1.58. The van der Waals surface area contributed by atoms with Crippen LogP contribution in [-0.2, 0) is 6.54 Å². The van der Waals surface area contributed by atoms with E-state index in [4.69, 9.17) is 33.2 Å². The highest BCUT2D eigenvalue weighted by Crippen LogP contribution is 2.33. The van der Waals surface area contributed by atoms with Gasteiger partial charge in [-0.15, -0.1) is 0 Å². The van der Waals surface area contributed by atoms with Gasteiger partial charge in [-0.1, -0.05) is 37.0 Å². The third-order valence-electron chi connectivity index (χ3n) is 2.43. The summed E-state index contributed by atoms with van der Waals surface area (Å²) in [6.45, 7) is 7.43. The average molecular weight is 301 g/mol. The van der Waals surface area contributed by atoms with Crippen molar-refractivity contribution in [2.45, 2.75) is 33.4 Å². The van der Waals surface area contributed by atoms with E-state index < -0.39 is 6.10 Å². The van der Waals surface area contributed by atoms with E-state index in [1.165, 1.54) is 0 Å². The molecule has 0 saturated heterocycles. The van der Waals surface area contributed by atoms with E-state index in [0.29, 0.717) is 28.3 Å². The van der Waals surface area contributed by atoms with Crippen LogP contribution in [0.1, 0.15) is 26.3 Å². The van der Waals surface area contributed by atoms with Gasteiger partial charge in [0, 0.05) is 17.1 Å². The number of ether oxygens (including phenoxy) is 1. The molecule has 0 bridgehead atoms. The maximum Gasteiger partial charge on any atom is 0.181 e. The molecule has 3 nitrogen and oxygen atoms in total. The number of hydrogen-bond acceptors (Lipinski definition) is 3. The summed E-state index contributed by atoms with van der Waals surface area (Å²) in [6, 6.07) is 5.45. The number of halogens is 2. The van der Waals surface area contributed by atoms with Gasteiger partial charge < -0.3 is 10.1 Å². The van der Waals surface area contributed by atoms with Crippen LogP contribution in [-0.4, -0.2) is 12.6 Å². The van der Waals surface area contributed by atoms with Crippen molar-refractivity contribution in [2.75, 3.05) is 6.54 Å². The highest BCUT2D eigenvalue weighted by atomic mass is 35.5. The zero-order valence-corrected chi connectivity index (χ0v) is 12.8. The Morgan fingerprint density at radius 2 is 2.00 bits per heavy atom. The molecule has 1 atom stereocenters. The van der Waals surface area contributed by atoms with Gasteiger partial charge in [0.05, 0.1) is 5.02 Å². The van der Waals surface area contributed by atoms with Gasteiger partial charge in [-0.05, 0) is 31.5 Å². The Labute approximate surface area is 124 Å². The van der Waals surface area contributed by atoms with Gasteiger partial charge in [0.2, 0.25) is 0 Å². The number of nitrogens with one attached hydrogen (secondary N) is 1. The lowest BCUT2D eigenvalue weighted by Gasteiger charge is -2.16. The third kappa shape index (κ3) is 5.28. The zero-order valence-electron chi connectivity index (χ0n) is 11.3. The van der Waals surface area contributed by atoms with Crippen molar-refractivity contribution in [3.05, 3.63) is 27.7 Å². The van der Waals surface area contributed by atoms with Crippen LogP contribution in [0, 0.1) is 17.2 Å². The first-order valence-electron chi connectivity index (χ1n) is 6.19.